The molecule has 0 radical (unpaired) electrons. The van der Waals surface area contributed by atoms with Crippen LogP contribution in [0.2, 0.25) is 5.15 Å². The fourth-order valence-corrected chi connectivity index (χ4v) is 5.89. The first-order valence-corrected chi connectivity index (χ1v) is 11.3. The number of anilines is 1. The number of rotatable bonds is 4. The van der Waals surface area contributed by atoms with Crippen LogP contribution in [-0.4, -0.2) is 70.4 Å². The van der Waals surface area contributed by atoms with Crippen molar-refractivity contribution in [1.29, 1.82) is 0 Å². The van der Waals surface area contributed by atoms with E-state index < -0.39 is 5.82 Å². The molecule has 0 amide bonds. The van der Waals surface area contributed by atoms with Gasteiger partial charge >= 0.3 is 6.01 Å². The van der Waals surface area contributed by atoms with Gasteiger partial charge < -0.3 is 14.4 Å². The van der Waals surface area contributed by atoms with Gasteiger partial charge in [0.2, 0.25) is 0 Å². The van der Waals surface area contributed by atoms with E-state index in [1.54, 1.807) is 6.20 Å². The zero-order chi connectivity index (χ0) is 20.3. The van der Waals surface area contributed by atoms with Crippen molar-refractivity contribution in [2.75, 3.05) is 37.7 Å². The number of pyridine rings is 1. The molecule has 0 saturated carbocycles. The van der Waals surface area contributed by atoms with Crippen LogP contribution < -0.4 is 9.64 Å². The summed E-state index contributed by atoms with van der Waals surface area (Å²) in [6.07, 6.45) is 8.68. The van der Waals surface area contributed by atoms with Gasteiger partial charge in [0.1, 0.15) is 17.9 Å². The molecule has 7 nitrogen and oxygen atoms in total. The van der Waals surface area contributed by atoms with Crippen molar-refractivity contribution in [3.63, 3.8) is 0 Å². The SMILES string of the molecule is Fc1c(Cl)ncc2c(N3CC4CCC(C3)O4)nc(OCC34CCCN3CCC4)nc12. The Morgan fingerprint density at radius 1 is 1.17 bits per heavy atom. The van der Waals surface area contributed by atoms with Crippen molar-refractivity contribution < 1.29 is 13.9 Å². The number of halogens is 2. The van der Waals surface area contributed by atoms with Gasteiger partial charge in [-0.15, -0.1) is 0 Å². The molecule has 2 atom stereocenters. The van der Waals surface area contributed by atoms with Crippen molar-refractivity contribution in [3.8, 4) is 6.01 Å². The Bertz CT molecular complexity index is 970. The number of aromatic nitrogens is 3. The third kappa shape index (κ3) is 3.03. The minimum Gasteiger partial charge on any atom is -0.461 e. The van der Waals surface area contributed by atoms with E-state index in [0.717, 1.165) is 51.9 Å². The van der Waals surface area contributed by atoms with Crippen LogP contribution in [0.1, 0.15) is 38.5 Å². The molecule has 2 bridgehead atoms. The lowest BCUT2D eigenvalue weighted by atomic mass is 9.95. The lowest BCUT2D eigenvalue weighted by Crippen LogP contribution is -2.44. The van der Waals surface area contributed by atoms with Crippen LogP contribution in [0, 0.1) is 5.82 Å². The molecule has 160 valence electrons. The summed E-state index contributed by atoms with van der Waals surface area (Å²) in [5.74, 6) is 0.0332. The van der Waals surface area contributed by atoms with Gasteiger partial charge in [0.25, 0.3) is 0 Å². The monoisotopic (exact) mass is 433 g/mol. The summed E-state index contributed by atoms with van der Waals surface area (Å²) < 4.78 is 27.0. The first kappa shape index (κ1) is 19.0. The topological polar surface area (TPSA) is 63.6 Å². The van der Waals surface area contributed by atoms with Crippen LogP contribution in [0.4, 0.5) is 10.2 Å². The molecule has 6 heterocycles. The van der Waals surface area contributed by atoms with Gasteiger partial charge in [0.15, 0.2) is 11.0 Å². The quantitative estimate of drug-likeness (QED) is 0.686. The van der Waals surface area contributed by atoms with Gasteiger partial charge in [-0.3, -0.25) is 4.90 Å². The van der Waals surface area contributed by atoms with E-state index >= 15 is 0 Å². The van der Waals surface area contributed by atoms with Crippen molar-refractivity contribution in [3.05, 3.63) is 17.2 Å². The second kappa shape index (κ2) is 7.14. The lowest BCUT2D eigenvalue weighted by molar-refractivity contribution is 0.0302. The van der Waals surface area contributed by atoms with Crippen LogP contribution in [0.25, 0.3) is 10.9 Å². The van der Waals surface area contributed by atoms with Crippen LogP contribution in [-0.2, 0) is 4.74 Å². The van der Waals surface area contributed by atoms with Crippen LogP contribution in [0.5, 0.6) is 6.01 Å². The molecule has 6 rings (SSSR count). The Labute approximate surface area is 179 Å². The molecule has 4 saturated heterocycles. The standard InChI is InChI=1S/C21H25ClFN5O2/c22-18-16(23)17-15(9-24-18)19(27-10-13-3-4-14(11-27)30-13)26-20(25-17)29-12-21-5-1-7-28(21)8-2-6-21/h9,13-14H,1-8,10-12H2. The van der Waals surface area contributed by atoms with Gasteiger partial charge in [-0.1, -0.05) is 11.6 Å². The number of hydrogen-bond acceptors (Lipinski definition) is 7. The maximum atomic E-state index is 14.9. The highest BCUT2D eigenvalue weighted by Gasteiger charge is 2.45. The van der Waals surface area contributed by atoms with E-state index in [2.05, 4.69) is 19.8 Å². The number of ether oxygens (including phenoxy) is 2. The Hall–Kier alpha value is -1.77. The second-order valence-corrected chi connectivity index (χ2v) is 9.38. The second-order valence-electron chi connectivity index (χ2n) is 9.02. The van der Waals surface area contributed by atoms with Crippen molar-refractivity contribution in [2.24, 2.45) is 0 Å². The lowest BCUT2D eigenvalue weighted by Gasteiger charge is -2.34. The van der Waals surface area contributed by atoms with Crippen molar-refractivity contribution in [2.45, 2.75) is 56.3 Å². The molecule has 2 unspecified atom stereocenters. The Morgan fingerprint density at radius 2 is 1.90 bits per heavy atom. The van der Waals surface area contributed by atoms with E-state index in [-0.39, 0.29) is 34.4 Å². The van der Waals surface area contributed by atoms with Gasteiger partial charge in [0, 0.05) is 19.3 Å². The van der Waals surface area contributed by atoms with E-state index in [1.165, 1.54) is 12.8 Å². The van der Waals surface area contributed by atoms with Gasteiger partial charge in [-0.2, -0.15) is 9.97 Å². The highest BCUT2D eigenvalue weighted by molar-refractivity contribution is 6.30. The molecule has 9 heteroatoms. The third-order valence-corrected chi connectivity index (χ3v) is 7.49. The van der Waals surface area contributed by atoms with Crippen LogP contribution in [0.3, 0.4) is 0 Å². The molecule has 2 aromatic heterocycles. The average Bonchev–Trinajstić information content (AvgIpc) is 3.42. The normalized spacial score (nSPS) is 27.7. The molecular formula is C21H25ClFN5O2. The van der Waals surface area contributed by atoms with Gasteiger partial charge in [-0.25, -0.2) is 9.37 Å². The highest BCUT2D eigenvalue weighted by Crippen LogP contribution is 2.39. The smallest absolute Gasteiger partial charge is 0.319 e. The van der Waals surface area contributed by atoms with Crippen LogP contribution >= 0.6 is 11.6 Å². The maximum Gasteiger partial charge on any atom is 0.319 e. The van der Waals surface area contributed by atoms with Crippen molar-refractivity contribution in [1.82, 2.24) is 19.9 Å². The fourth-order valence-electron chi connectivity index (χ4n) is 5.75. The Morgan fingerprint density at radius 3 is 2.63 bits per heavy atom. The molecule has 0 aliphatic carbocycles. The zero-order valence-electron chi connectivity index (χ0n) is 16.8. The molecule has 30 heavy (non-hydrogen) atoms. The first-order valence-electron chi connectivity index (χ1n) is 10.9. The van der Waals surface area contributed by atoms with Crippen LogP contribution in [0.15, 0.2) is 6.20 Å². The number of hydrogen-bond donors (Lipinski definition) is 0. The Kier molecular flexibility index (Phi) is 4.51. The number of nitrogens with zero attached hydrogens (tertiary/aromatic N) is 5. The zero-order valence-corrected chi connectivity index (χ0v) is 17.6. The highest BCUT2D eigenvalue weighted by atomic mass is 35.5. The first-order chi connectivity index (χ1) is 14.6. The number of fused-ring (bicyclic) bond motifs is 4. The number of morpholine rings is 1. The Balaban J connectivity index is 1.36. The molecule has 0 aromatic carbocycles. The molecular weight excluding hydrogens is 409 g/mol. The summed E-state index contributed by atoms with van der Waals surface area (Å²) in [6, 6.07) is 0.214. The summed E-state index contributed by atoms with van der Waals surface area (Å²) in [7, 11) is 0. The molecule has 0 spiro atoms. The molecule has 2 aromatic rings. The molecule has 4 fully saturated rings. The van der Waals surface area contributed by atoms with E-state index in [0.29, 0.717) is 17.8 Å². The summed E-state index contributed by atoms with van der Waals surface area (Å²) in [5.41, 5.74) is 0.242. The molecule has 0 N–H and O–H groups in total. The maximum absolute atomic E-state index is 14.9. The fraction of sp³-hybridized carbons (Fsp3) is 0.667. The molecule has 4 aliphatic heterocycles. The summed E-state index contributed by atoms with van der Waals surface area (Å²) in [5, 5.41) is 0.378. The van der Waals surface area contributed by atoms with Gasteiger partial charge in [0.05, 0.1) is 23.1 Å². The third-order valence-electron chi connectivity index (χ3n) is 7.23. The summed E-state index contributed by atoms with van der Waals surface area (Å²) in [6.45, 7) is 4.24. The minimum atomic E-state index is -0.625. The molecule has 4 aliphatic rings. The summed E-state index contributed by atoms with van der Waals surface area (Å²) in [4.78, 5) is 17.8. The average molecular weight is 434 g/mol. The van der Waals surface area contributed by atoms with E-state index in [1.807, 2.05) is 0 Å². The summed E-state index contributed by atoms with van der Waals surface area (Å²) >= 11 is 5.96. The van der Waals surface area contributed by atoms with E-state index in [9.17, 15) is 4.39 Å². The van der Waals surface area contributed by atoms with E-state index in [4.69, 9.17) is 26.1 Å². The predicted molar refractivity (Wildman–Crippen MR) is 111 cm³/mol. The largest absolute Gasteiger partial charge is 0.461 e. The predicted octanol–water partition coefficient (Wildman–Crippen LogP) is 3.19. The minimum absolute atomic E-state index is 0.0744. The van der Waals surface area contributed by atoms with Crippen molar-refractivity contribution >= 4 is 28.3 Å². The van der Waals surface area contributed by atoms with Gasteiger partial charge in [-0.05, 0) is 51.6 Å².